The van der Waals surface area contributed by atoms with Gasteiger partial charge in [-0.1, -0.05) is 36.4 Å². The topological polar surface area (TPSA) is 54.7 Å². The molecule has 1 aromatic heterocycles. The van der Waals surface area contributed by atoms with E-state index in [-0.39, 0.29) is 30.6 Å². The van der Waals surface area contributed by atoms with E-state index < -0.39 is 17.6 Å². The second-order valence-electron chi connectivity index (χ2n) is 11.5. The third-order valence-electron chi connectivity index (χ3n) is 7.22. The molecule has 0 radical (unpaired) electrons. The molecule has 210 valence electrons. The van der Waals surface area contributed by atoms with Gasteiger partial charge in [0.25, 0.3) is 11.9 Å². The maximum Gasteiger partial charge on any atom is 0.415 e. The largest absolute Gasteiger partial charge is 0.425 e. The molecule has 4 aromatic rings. The molecule has 5 rings (SSSR count). The number of benzene rings is 3. The van der Waals surface area contributed by atoms with Gasteiger partial charge >= 0.3 is 6.09 Å². The lowest BCUT2D eigenvalue weighted by Crippen LogP contribution is -2.42. The Morgan fingerprint density at radius 1 is 0.950 bits per heavy atom. The first-order valence-corrected chi connectivity index (χ1v) is 13.4. The van der Waals surface area contributed by atoms with Crippen molar-refractivity contribution in [3.63, 3.8) is 0 Å². The molecular formula is C32H33F3N2O3. The monoisotopic (exact) mass is 550 g/mol. The zero-order valence-corrected chi connectivity index (χ0v) is 23.1. The van der Waals surface area contributed by atoms with Crippen LogP contribution in [0.4, 0.5) is 18.0 Å². The molecule has 1 aliphatic rings. The van der Waals surface area contributed by atoms with E-state index in [9.17, 15) is 18.0 Å². The number of piperidine rings is 1. The van der Waals surface area contributed by atoms with Gasteiger partial charge in [-0.05, 0) is 74.2 Å². The van der Waals surface area contributed by atoms with Crippen LogP contribution in [0.25, 0.3) is 33.2 Å². The van der Waals surface area contributed by atoms with Crippen LogP contribution in [-0.4, -0.2) is 35.5 Å². The van der Waals surface area contributed by atoms with Crippen molar-refractivity contribution in [1.82, 2.24) is 10.2 Å². The Labute approximate surface area is 231 Å². The molecule has 1 fully saturated rings. The highest BCUT2D eigenvalue weighted by molar-refractivity contribution is 5.97. The lowest BCUT2D eigenvalue weighted by atomic mass is 9.95. The molecule has 40 heavy (non-hydrogen) atoms. The van der Waals surface area contributed by atoms with E-state index in [0.717, 1.165) is 33.2 Å². The summed E-state index contributed by atoms with van der Waals surface area (Å²) in [5, 5.41) is 3.46. The second-order valence-corrected chi connectivity index (χ2v) is 11.5. The quantitative estimate of drug-likeness (QED) is 0.270. The molecule has 0 saturated carbocycles. The van der Waals surface area contributed by atoms with Crippen molar-refractivity contribution in [3.8, 4) is 28.2 Å². The number of hydrogen-bond acceptors (Lipinski definition) is 4. The third kappa shape index (κ3) is 6.33. The number of carbonyl (C=O) groups excluding carboxylic acids is 1. The maximum atomic E-state index is 13.7. The number of amides is 1. The first kappa shape index (κ1) is 27.8. The van der Waals surface area contributed by atoms with Crippen molar-refractivity contribution >= 4 is 17.1 Å². The number of nitrogens with zero attached hydrogens (tertiary/aromatic N) is 1. The smallest absolute Gasteiger partial charge is 0.415 e. The van der Waals surface area contributed by atoms with Gasteiger partial charge in [0.05, 0.1) is 0 Å². The summed E-state index contributed by atoms with van der Waals surface area (Å²) in [4.78, 5) is 14.4. The molecule has 1 saturated heterocycles. The van der Waals surface area contributed by atoms with Crippen molar-refractivity contribution in [2.24, 2.45) is 0 Å². The molecule has 1 amide bonds. The van der Waals surface area contributed by atoms with Gasteiger partial charge in [-0.15, -0.1) is 0 Å². The number of halogens is 3. The van der Waals surface area contributed by atoms with E-state index in [4.69, 9.17) is 9.15 Å². The van der Waals surface area contributed by atoms with Gasteiger partial charge < -0.3 is 14.5 Å². The molecule has 0 bridgehead atoms. The van der Waals surface area contributed by atoms with E-state index >= 15 is 0 Å². The molecule has 1 N–H and O–H groups in total. The Bertz CT molecular complexity index is 1500. The van der Waals surface area contributed by atoms with Crippen molar-refractivity contribution in [2.75, 3.05) is 13.1 Å². The first-order chi connectivity index (χ1) is 18.9. The standard InChI is InChI=1S/C32H33F3N2O3/c1-20(37-15-13-32(34,35)14-16-37)21-5-7-22(8-6-21)24-17-25-19-28(40-30(38)36-31(2,3)4)39-29(25)27(18-24)23-9-11-26(33)12-10-23/h5-12,17-20H,13-16H2,1-4H3,(H,36,38). The Morgan fingerprint density at radius 3 is 2.20 bits per heavy atom. The molecule has 2 heterocycles. The number of furan rings is 1. The van der Waals surface area contributed by atoms with Crippen molar-refractivity contribution in [1.29, 1.82) is 0 Å². The van der Waals surface area contributed by atoms with Gasteiger partial charge in [-0.3, -0.25) is 4.90 Å². The number of hydrogen-bond donors (Lipinski definition) is 1. The number of ether oxygens (including phenoxy) is 1. The van der Waals surface area contributed by atoms with Gasteiger partial charge in [0, 0.05) is 54.5 Å². The molecule has 1 unspecified atom stereocenters. The Balaban J connectivity index is 1.46. The summed E-state index contributed by atoms with van der Waals surface area (Å²) in [6.07, 6.45) is -0.858. The summed E-state index contributed by atoms with van der Waals surface area (Å²) in [7, 11) is 0. The van der Waals surface area contributed by atoms with E-state index in [1.165, 1.54) is 12.1 Å². The van der Waals surface area contributed by atoms with Gasteiger partial charge in [-0.2, -0.15) is 0 Å². The highest BCUT2D eigenvalue weighted by Crippen LogP contribution is 2.39. The molecular weight excluding hydrogens is 517 g/mol. The SMILES string of the molecule is CC(c1ccc(-c2cc(-c3ccc(F)cc3)c3oc(OC(=O)NC(C)(C)C)cc3c2)cc1)N1CCC(F)(F)CC1. The minimum Gasteiger partial charge on any atom is -0.425 e. The van der Waals surface area contributed by atoms with E-state index in [0.29, 0.717) is 18.7 Å². The summed E-state index contributed by atoms with van der Waals surface area (Å²) < 4.78 is 52.3. The molecule has 5 nitrogen and oxygen atoms in total. The van der Waals surface area contributed by atoms with E-state index in [1.807, 2.05) is 64.1 Å². The van der Waals surface area contributed by atoms with Crippen LogP contribution in [0.5, 0.6) is 5.95 Å². The van der Waals surface area contributed by atoms with Crippen LogP contribution in [0.15, 0.2) is 71.1 Å². The Kier molecular flexibility index (Phi) is 7.40. The predicted octanol–water partition coefficient (Wildman–Crippen LogP) is 8.58. The molecule has 8 heteroatoms. The zero-order chi connectivity index (χ0) is 28.7. The minimum atomic E-state index is -2.57. The number of likely N-dealkylation sites (tertiary alicyclic amines) is 1. The van der Waals surface area contributed by atoms with Gasteiger partial charge in [0.1, 0.15) is 11.4 Å². The number of alkyl halides is 2. The fourth-order valence-corrected chi connectivity index (χ4v) is 5.02. The van der Waals surface area contributed by atoms with Gasteiger partial charge in [0.2, 0.25) is 0 Å². The highest BCUT2D eigenvalue weighted by Gasteiger charge is 2.35. The van der Waals surface area contributed by atoms with Gasteiger partial charge in [0.15, 0.2) is 0 Å². The third-order valence-corrected chi connectivity index (χ3v) is 7.22. The Morgan fingerprint density at radius 2 is 1.57 bits per heavy atom. The molecule has 1 atom stereocenters. The van der Waals surface area contributed by atoms with Crippen LogP contribution in [0, 0.1) is 5.82 Å². The summed E-state index contributed by atoms with van der Waals surface area (Å²) in [6.45, 7) is 8.33. The fraction of sp³-hybridized carbons (Fsp3) is 0.344. The predicted molar refractivity (Wildman–Crippen MR) is 150 cm³/mol. The lowest BCUT2D eigenvalue weighted by Gasteiger charge is -2.36. The Hall–Kier alpha value is -3.78. The first-order valence-electron chi connectivity index (χ1n) is 13.4. The number of fused-ring (bicyclic) bond motifs is 1. The maximum absolute atomic E-state index is 13.7. The van der Waals surface area contributed by atoms with E-state index in [1.54, 1.807) is 18.2 Å². The molecule has 0 spiro atoms. The summed E-state index contributed by atoms with van der Waals surface area (Å²) in [5.74, 6) is -2.87. The number of rotatable bonds is 5. The summed E-state index contributed by atoms with van der Waals surface area (Å²) in [6, 6.07) is 19.8. The number of nitrogens with one attached hydrogen (secondary N) is 1. The molecule has 0 aliphatic carbocycles. The second kappa shape index (κ2) is 10.7. The normalized spacial score (nSPS) is 16.6. The van der Waals surface area contributed by atoms with Crippen LogP contribution < -0.4 is 10.1 Å². The summed E-state index contributed by atoms with van der Waals surface area (Å²) >= 11 is 0. The number of carbonyl (C=O) groups is 1. The summed E-state index contributed by atoms with van der Waals surface area (Å²) in [5.41, 5.74) is 4.42. The zero-order valence-electron chi connectivity index (χ0n) is 23.1. The average molecular weight is 551 g/mol. The highest BCUT2D eigenvalue weighted by atomic mass is 19.3. The van der Waals surface area contributed by atoms with Crippen molar-refractivity contribution in [3.05, 3.63) is 78.1 Å². The van der Waals surface area contributed by atoms with E-state index in [2.05, 4.69) is 10.2 Å². The van der Waals surface area contributed by atoms with Crippen LogP contribution in [0.2, 0.25) is 0 Å². The van der Waals surface area contributed by atoms with Crippen LogP contribution in [-0.2, 0) is 0 Å². The average Bonchev–Trinajstić information content (AvgIpc) is 3.29. The molecule has 1 aliphatic heterocycles. The van der Waals surface area contributed by atoms with Crippen LogP contribution >= 0.6 is 0 Å². The minimum absolute atomic E-state index is 0.0234. The molecule has 3 aromatic carbocycles. The van der Waals surface area contributed by atoms with Crippen molar-refractivity contribution < 1.29 is 27.1 Å². The fourth-order valence-electron chi connectivity index (χ4n) is 5.02. The van der Waals surface area contributed by atoms with Gasteiger partial charge in [-0.25, -0.2) is 18.0 Å². The lowest BCUT2D eigenvalue weighted by molar-refractivity contribution is -0.0620. The van der Waals surface area contributed by atoms with Crippen LogP contribution in [0.1, 0.15) is 52.1 Å². The van der Waals surface area contributed by atoms with Crippen LogP contribution in [0.3, 0.4) is 0 Å². The van der Waals surface area contributed by atoms with Crippen molar-refractivity contribution in [2.45, 2.75) is 58.0 Å².